The number of aromatic nitrogens is 2. The predicted molar refractivity (Wildman–Crippen MR) is 92.6 cm³/mol. The molecule has 3 aromatic rings. The van der Waals surface area contributed by atoms with E-state index in [-0.39, 0.29) is 5.91 Å². The molecule has 1 atom stereocenters. The van der Waals surface area contributed by atoms with Crippen molar-refractivity contribution in [2.75, 3.05) is 0 Å². The van der Waals surface area contributed by atoms with Crippen LogP contribution in [0.2, 0.25) is 0 Å². The van der Waals surface area contributed by atoms with Crippen molar-refractivity contribution in [2.45, 2.75) is 13.0 Å². The molecular formula is C19H18FN3O2. The van der Waals surface area contributed by atoms with Crippen LogP contribution in [-0.4, -0.2) is 20.6 Å². The number of rotatable bonds is 4. The van der Waals surface area contributed by atoms with Crippen LogP contribution in [0.1, 0.15) is 28.9 Å². The van der Waals surface area contributed by atoms with Crippen LogP contribution >= 0.6 is 0 Å². The van der Waals surface area contributed by atoms with Gasteiger partial charge in [0.25, 0.3) is 5.91 Å². The van der Waals surface area contributed by atoms with E-state index in [1.165, 1.54) is 12.1 Å². The van der Waals surface area contributed by atoms with E-state index in [1.54, 1.807) is 31.3 Å². The van der Waals surface area contributed by atoms with Gasteiger partial charge in [0, 0.05) is 25.0 Å². The minimum Gasteiger partial charge on any atom is -0.505 e. The number of hydrogen-bond donors (Lipinski definition) is 2. The molecule has 2 aromatic carbocycles. The van der Waals surface area contributed by atoms with Crippen LogP contribution in [0.5, 0.6) is 5.75 Å². The third-order valence-electron chi connectivity index (χ3n) is 4.05. The molecule has 0 fully saturated rings. The Hall–Kier alpha value is -3.15. The van der Waals surface area contributed by atoms with Crippen LogP contribution in [0.3, 0.4) is 0 Å². The van der Waals surface area contributed by atoms with Gasteiger partial charge in [0.05, 0.1) is 11.6 Å². The average Bonchev–Trinajstić information content (AvgIpc) is 3.03. The Kier molecular flexibility index (Phi) is 4.52. The van der Waals surface area contributed by atoms with Crippen molar-refractivity contribution in [3.05, 3.63) is 71.8 Å². The Bertz CT molecular complexity index is 921. The number of imidazole rings is 1. The minimum atomic E-state index is -0.716. The Morgan fingerprint density at radius 2 is 2.04 bits per heavy atom. The second kappa shape index (κ2) is 6.76. The van der Waals surface area contributed by atoms with Crippen LogP contribution in [0, 0.1) is 5.82 Å². The molecule has 0 saturated carbocycles. The molecule has 25 heavy (non-hydrogen) atoms. The van der Waals surface area contributed by atoms with Gasteiger partial charge in [-0.2, -0.15) is 0 Å². The number of nitrogens with zero attached hydrogens (tertiary/aromatic N) is 2. The summed E-state index contributed by atoms with van der Waals surface area (Å²) in [4.78, 5) is 17.0. The molecule has 5 nitrogen and oxygen atoms in total. The quantitative estimate of drug-likeness (QED) is 0.765. The number of halogens is 1. The zero-order valence-electron chi connectivity index (χ0n) is 13.9. The molecule has 0 radical (unpaired) electrons. The highest BCUT2D eigenvalue weighted by Crippen LogP contribution is 2.24. The molecule has 1 unspecified atom stereocenters. The fraction of sp³-hybridized carbons (Fsp3) is 0.158. The standard InChI is InChI=1S/C19H18FN3O2/c1-12(13-7-8-17(24)16(20)11-13)22-19(25)15-6-4-3-5-14(15)18-21-9-10-23(18)2/h3-12,24H,1-2H3,(H,22,25). The molecule has 2 N–H and O–H groups in total. The van der Waals surface area contributed by atoms with Crippen molar-refractivity contribution in [3.63, 3.8) is 0 Å². The first-order chi connectivity index (χ1) is 12.0. The summed E-state index contributed by atoms with van der Waals surface area (Å²) < 4.78 is 15.4. The SMILES string of the molecule is CC(NC(=O)c1ccccc1-c1nccn1C)c1ccc(O)c(F)c1. The third kappa shape index (κ3) is 3.38. The van der Waals surface area contributed by atoms with Crippen molar-refractivity contribution in [1.29, 1.82) is 0 Å². The molecule has 128 valence electrons. The van der Waals surface area contributed by atoms with Crippen LogP contribution in [0.15, 0.2) is 54.9 Å². The van der Waals surface area contributed by atoms with Gasteiger partial charge in [0.1, 0.15) is 5.82 Å². The van der Waals surface area contributed by atoms with Crippen molar-refractivity contribution in [1.82, 2.24) is 14.9 Å². The predicted octanol–water partition coefficient (Wildman–Crippen LogP) is 3.42. The summed E-state index contributed by atoms with van der Waals surface area (Å²) in [6, 6.07) is 10.8. The van der Waals surface area contributed by atoms with Crippen LogP contribution in [0.25, 0.3) is 11.4 Å². The third-order valence-corrected chi connectivity index (χ3v) is 4.05. The van der Waals surface area contributed by atoms with Gasteiger partial charge in [0.2, 0.25) is 0 Å². The first-order valence-corrected chi connectivity index (χ1v) is 7.83. The van der Waals surface area contributed by atoms with E-state index < -0.39 is 17.6 Å². The first kappa shape index (κ1) is 16.7. The van der Waals surface area contributed by atoms with Crippen LogP contribution < -0.4 is 5.32 Å². The lowest BCUT2D eigenvalue weighted by atomic mass is 10.0. The molecule has 1 amide bonds. The summed E-state index contributed by atoms with van der Waals surface area (Å²) in [7, 11) is 1.86. The summed E-state index contributed by atoms with van der Waals surface area (Å²) in [5.74, 6) is -0.719. The number of aromatic hydroxyl groups is 1. The highest BCUT2D eigenvalue weighted by molar-refractivity contribution is 6.00. The molecule has 6 heteroatoms. The lowest BCUT2D eigenvalue weighted by Gasteiger charge is -2.16. The molecule has 0 saturated heterocycles. The van der Waals surface area contributed by atoms with Gasteiger partial charge in [-0.05, 0) is 30.7 Å². The maximum atomic E-state index is 13.5. The molecule has 3 rings (SSSR count). The Morgan fingerprint density at radius 1 is 1.28 bits per heavy atom. The Balaban J connectivity index is 1.87. The molecule has 0 aliphatic heterocycles. The summed E-state index contributed by atoms with van der Waals surface area (Å²) in [5, 5.41) is 12.1. The second-order valence-electron chi connectivity index (χ2n) is 5.81. The highest BCUT2D eigenvalue weighted by Gasteiger charge is 2.18. The highest BCUT2D eigenvalue weighted by atomic mass is 19.1. The lowest BCUT2D eigenvalue weighted by Crippen LogP contribution is -2.27. The number of amides is 1. The first-order valence-electron chi connectivity index (χ1n) is 7.83. The number of aryl methyl sites for hydroxylation is 1. The van der Waals surface area contributed by atoms with E-state index >= 15 is 0 Å². The fourth-order valence-electron chi connectivity index (χ4n) is 2.65. The van der Waals surface area contributed by atoms with Crippen molar-refractivity contribution in [2.24, 2.45) is 7.05 Å². The molecule has 1 aromatic heterocycles. The zero-order valence-corrected chi connectivity index (χ0v) is 13.9. The zero-order chi connectivity index (χ0) is 18.0. The second-order valence-corrected chi connectivity index (χ2v) is 5.81. The van der Waals surface area contributed by atoms with E-state index in [1.807, 2.05) is 29.9 Å². The molecular weight excluding hydrogens is 321 g/mol. The van der Waals surface area contributed by atoms with Gasteiger partial charge < -0.3 is 15.0 Å². The van der Waals surface area contributed by atoms with Gasteiger partial charge in [-0.1, -0.05) is 24.3 Å². The number of benzene rings is 2. The van der Waals surface area contributed by atoms with Gasteiger partial charge in [-0.3, -0.25) is 4.79 Å². The average molecular weight is 339 g/mol. The maximum Gasteiger partial charge on any atom is 0.252 e. The molecule has 0 aliphatic rings. The van der Waals surface area contributed by atoms with Crippen molar-refractivity contribution >= 4 is 5.91 Å². The van der Waals surface area contributed by atoms with E-state index in [4.69, 9.17) is 0 Å². The Labute approximate surface area is 144 Å². The van der Waals surface area contributed by atoms with E-state index in [0.717, 1.165) is 5.56 Å². The largest absolute Gasteiger partial charge is 0.505 e. The van der Waals surface area contributed by atoms with Gasteiger partial charge in [-0.25, -0.2) is 9.37 Å². The molecule has 0 bridgehead atoms. The summed E-state index contributed by atoms with van der Waals surface area (Å²) in [5.41, 5.74) is 1.78. The summed E-state index contributed by atoms with van der Waals surface area (Å²) >= 11 is 0. The number of hydrogen-bond acceptors (Lipinski definition) is 3. The van der Waals surface area contributed by atoms with E-state index in [0.29, 0.717) is 17.0 Å². The topological polar surface area (TPSA) is 67.2 Å². The molecule has 1 heterocycles. The van der Waals surface area contributed by atoms with Gasteiger partial charge >= 0.3 is 0 Å². The maximum absolute atomic E-state index is 13.5. The normalized spacial score (nSPS) is 12.0. The van der Waals surface area contributed by atoms with Gasteiger partial charge in [0.15, 0.2) is 11.6 Å². The van der Waals surface area contributed by atoms with Crippen LogP contribution in [0.4, 0.5) is 4.39 Å². The van der Waals surface area contributed by atoms with Crippen molar-refractivity contribution in [3.8, 4) is 17.1 Å². The Morgan fingerprint density at radius 3 is 2.72 bits per heavy atom. The summed E-state index contributed by atoms with van der Waals surface area (Å²) in [6.45, 7) is 1.76. The number of carbonyl (C=O) groups is 1. The van der Waals surface area contributed by atoms with E-state index in [2.05, 4.69) is 10.3 Å². The van der Waals surface area contributed by atoms with Crippen molar-refractivity contribution < 1.29 is 14.3 Å². The van der Waals surface area contributed by atoms with Crippen LogP contribution in [-0.2, 0) is 7.05 Å². The number of carbonyl (C=O) groups excluding carboxylic acids is 1. The molecule has 0 spiro atoms. The van der Waals surface area contributed by atoms with E-state index in [9.17, 15) is 14.3 Å². The number of phenolic OH excluding ortho intramolecular Hbond substituents is 1. The summed E-state index contributed by atoms with van der Waals surface area (Å²) in [6.07, 6.45) is 3.48. The fourth-order valence-corrected chi connectivity index (χ4v) is 2.65. The van der Waals surface area contributed by atoms with Gasteiger partial charge in [-0.15, -0.1) is 0 Å². The smallest absolute Gasteiger partial charge is 0.252 e. The number of nitrogens with one attached hydrogen (secondary N) is 1. The number of phenols is 1. The minimum absolute atomic E-state index is 0.278. The lowest BCUT2D eigenvalue weighted by molar-refractivity contribution is 0.0940. The molecule has 0 aliphatic carbocycles. The monoisotopic (exact) mass is 339 g/mol.